The molecule has 2 N–H and O–H groups in total. The third-order valence-electron chi connectivity index (χ3n) is 4.86. The minimum absolute atomic E-state index is 0.617. The van der Waals surface area contributed by atoms with E-state index >= 15 is 0 Å². The zero-order valence-corrected chi connectivity index (χ0v) is 15.7. The lowest BCUT2D eigenvalue weighted by Gasteiger charge is -2.22. The van der Waals surface area contributed by atoms with Gasteiger partial charge in [0.1, 0.15) is 0 Å². The van der Waals surface area contributed by atoms with Crippen molar-refractivity contribution in [3.63, 3.8) is 0 Å². The van der Waals surface area contributed by atoms with Crippen molar-refractivity contribution in [2.24, 2.45) is 10.7 Å². The van der Waals surface area contributed by atoms with Crippen molar-refractivity contribution in [3.05, 3.63) is 71.8 Å². The van der Waals surface area contributed by atoms with Crippen LogP contribution in [0.4, 0.5) is 0 Å². The van der Waals surface area contributed by atoms with Gasteiger partial charge in [-0.2, -0.15) is 0 Å². The van der Waals surface area contributed by atoms with Gasteiger partial charge in [0.25, 0.3) is 0 Å². The Balaban J connectivity index is 1.53. The highest BCUT2D eigenvalue weighted by molar-refractivity contribution is 5.78. The van der Waals surface area contributed by atoms with Crippen LogP contribution < -0.4 is 5.73 Å². The molecule has 0 spiro atoms. The Morgan fingerprint density at radius 3 is 2.00 bits per heavy atom. The summed E-state index contributed by atoms with van der Waals surface area (Å²) < 4.78 is 0. The largest absolute Gasteiger partial charge is 0.370 e. The Bertz CT molecular complexity index is 638. The van der Waals surface area contributed by atoms with Crippen LogP contribution in [0.15, 0.2) is 65.7 Å². The molecule has 1 fully saturated rings. The fraction of sp³-hybridized carbons (Fsp3) is 0.409. The van der Waals surface area contributed by atoms with Crippen molar-refractivity contribution in [2.45, 2.75) is 38.4 Å². The number of hydrogen-bond acceptors (Lipinski definition) is 2. The molecule has 0 unspecified atom stereocenters. The first kappa shape index (κ1) is 18.5. The minimum atomic E-state index is 0.617. The number of hydrogen-bond donors (Lipinski definition) is 1. The molecule has 0 bridgehead atoms. The highest BCUT2D eigenvalue weighted by Gasteiger charge is 2.27. The molecule has 0 radical (unpaired) electrons. The van der Waals surface area contributed by atoms with Crippen LogP contribution in [0, 0.1) is 0 Å². The van der Waals surface area contributed by atoms with Crippen molar-refractivity contribution in [3.8, 4) is 0 Å². The maximum Gasteiger partial charge on any atom is 0.191 e. The van der Waals surface area contributed by atoms with Crippen molar-refractivity contribution in [1.82, 2.24) is 9.80 Å². The number of benzene rings is 2. The van der Waals surface area contributed by atoms with Gasteiger partial charge >= 0.3 is 0 Å². The van der Waals surface area contributed by atoms with Gasteiger partial charge in [-0.25, -0.2) is 0 Å². The fourth-order valence-corrected chi connectivity index (χ4v) is 3.15. The van der Waals surface area contributed by atoms with Crippen LogP contribution in [0.3, 0.4) is 0 Å². The number of guanidine groups is 1. The Labute approximate surface area is 157 Å². The number of nitrogens with two attached hydrogens (primary N) is 1. The Hall–Kier alpha value is -2.33. The molecule has 0 heterocycles. The predicted molar refractivity (Wildman–Crippen MR) is 109 cm³/mol. The second-order valence-corrected chi connectivity index (χ2v) is 7.12. The Morgan fingerprint density at radius 1 is 0.962 bits per heavy atom. The molecule has 1 aliphatic carbocycles. The van der Waals surface area contributed by atoms with E-state index in [2.05, 4.69) is 75.5 Å². The van der Waals surface area contributed by atoms with Gasteiger partial charge in [0.15, 0.2) is 5.96 Å². The molecule has 4 nitrogen and oxygen atoms in total. The van der Waals surface area contributed by atoms with Gasteiger partial charge in [0.2, 0.25) is 0 Å². The molecule has 26 heavy (non-hydrogen) atoms. The first-order valence-corrected chi connectivity index (χ1v) is 9.55. The first-order valence-electron chi connectivity index (χ1n) is 9.55. The van der Waals surface area contributed by atoms with E-state index in [1.807, 2.05) is 7.05 Å². The van der Waals surface area contributed by atoms with Gasteiger partial charge in [-0.15, -0.1) is 0 Å². The third-order valence-corrected chi connectivity index (χ3v) is 4.86. The summed E-state index contributed by atoms with van der Waals surface area (Å²) in [5.74, 6) is 0.685. The molecule has 4 heteroatoms. The maximum absolute atomic E-state index is 6.08. The molecule has 0 atom stereocenters. The zero-order chi connectivity index (χ0) is 18.2. The van der Waals surface area contributed by atoms with E-state index in [0.29, 0.717) is 12.0 Å². The highest BCUT2D eigenvalue weighted by atomic mass is 15.3. The van der Waals surface area contributed by atoms with Crippen molar-refractivity contribution < 1.29 is 0 Å². The predicted octanol–water partition coefficient (Wildman–Crippen LogP) is 3.49. The van der Waals surface area contributed by atoms with Gasteiger partial charge < -0.3 is 10.6 Å². The summed E-state index contributed by atoms with van der Waals surface area (Å²) in [4.78, 5) is 9.17. The van der Waals surface area contributed by atoms with E-state index in [9.17, 15) is 0 Å². The lowest BCUT2D eigenvalue weighted by Crippen LogP contribution is -2.36. The second-order valence-electron chi connectivity index (χ2n) is 7.12. The van der Waals surface area contributed by atoms with Crippen LogP contribution in [-0.4, -0.2) is 41.9 Å². The monoisotopic (exact) mass is 350 g/mol. The smallest absolute Gasteiger partial charge is 0.191 e. The van der Waals surface area contributed by atoms with Crippen molar-refractivity contribution in [1.29, 1.82) is 0 Å². The second kappa shape index (κ2) is 9.39. The van der Waals surface area contributed by atoms with E-state index in [1.54, 1.807) is 0 Å². The normalized spacial score (nSPS) is 14.6. The molecule has 0 aromatic heterocycles. The zero-order valence-electron chi connectivity index (χ0n) is 15.7. The topological polar surface area (TPSA) is 44.9 Å². The molecule has 3 rings (SSSR count). The molecule has 1 aliphatic rings. The molecule has 0 amide bonds. The molecular formula is C22H30N4. The summed E-state index contributed by atoms with van der Waals surface area (Å²) >= 11 is 0. The molecule has 138 valence electrons. The van der Waals surface area contributed by atoms with E-state index in [0.717, 1.165) is 32.6 Å². The van der Waals surface area contributed by atoms with Gasteiger partial charge in [-0.1, -0.05) is 60.7 Å². The van der Waals surface area contributed by atoms with E-state index in [-0.39, 0.29) is 0 Å². The van der Waals surface area contributed by atoms with Crippen LogP contribution in [-0.2, 0) is 13.1 Å². The molecule has 0 saturated heterocycles. The molecule has 2 aromatic rings. The van der Waals surface area contributed by atoms with Crippen molar-refractivity contribution in [2.75, 3.05) is 20.1 Å². The van der Waals surface area contributed by atoms with E-state index in [1.165, 1.54) is 24.0 Å². The fourth-order valence-electron chi connectivity index (χ4n) is 3.15. The number of nitrogens with zero attached hydrogens (tertiary/aromatic N) is 3. The average Bonchev–Trinajstić information content (AvgIpc) is 3.51. The average molecular weight is 351 g/mol. The summed E-state index contributed by atoms with van der Waals surface area (Å²) in [5, 5.41) is 0. The van der Waals surface area contributed by atoms with E-state index in [4.69, 9.17) is 5.73 Å². The Kier molecular flexibility index (Phi) is 6.67. The van der Waals surface area contributed by atoms with Crippen molar-refractivity contribution >= 4 is 5.96 Å². The van der Waals surface area contributed by atoms with Gasteiger partial charge in [0, 0.05) is 39.3 Å². The van der Waals surface area contributed by atoms with E-state index < -0.39 is 0 Å². The maximum atomic E-state index is 6.08. The highest BCUT2D eigenvalue weighted by Crippen LogP contribution is 2.24. The standard InChI is InChI=1S/C22H30N4/c1-25(21-13-14-21)22(23)24-15-8-16-26(17-19-9-4-2-5-10-19)18-20-11-6-3-7-12-20/h2-7,9-12,21H,8,13-18H2,1H3,(H2,23,24). The van der Waals surface area contributed by atoms with Gasteiger partial charge in [-0.3, -0.25) is 9.89 Å². The summed E-state index contributed by atoms with van der Waals surface area (Å²) in [6.07, 6.45) is 3.50. The number of rotatable bonds is 9. The quantitative estimate of drug-likeness (QED) is 0.428. The lowest BCUT2D eigenvalue weighted by atomic mass is 10.1. The minimum Gasteiger partial charge on any atom is -0.370 e. The summed E-state index contributed by atoms with van der Waals surface area (Å²) in [7, 11) is 2.05. The molecule has 2 aromatic carbocycles. The SMILES string of the molecule is CN(C(N)=NCCCN(Cc1ccccc1)Cc1ccccc1)C1CC1. The van der Waals surface area contributed by atoms with Gasteiger partial charge in [-0.05, 0) is 30.4 Å². The van der Waals surface area contributed by atoms with Crippen LogP contribution in [0.1, 0.15) is 30.4 Å². The molecule has 1 saturated carbocycles. The lowest BCUT2D eigenvalue weighted by molar-refractivity contribution is 0.255. The van der Waals surface area contributed by atoms with Gasteiger partial charge in [0.05, 0.1) is 0 Å². The molecular weight excluding hydrogens is 320 g/mol. The number of aliphatic imine (C=N–C) groups is 1. The first-order chi connectivity index (χ1) is 12.7. The summed E-state index contributed by atoms with van der Waals surface area (Å²) in [6.45, 7) is 3.70. The summed E-state index contributed by atoms with van der Waals surface area (Å²) in [5.41, 5.74) is 8.78. The third kappa shape index (κ3) is 5.88. The van der Waals surface area contributed by atoms with Crippen LogP contribution in [0.5, 0.6) is 0 Å². The summed E-state index contributed by atoms with van der Waals surface area (Å²) in [6, 6.07) is 22.0. The van der Waals surface area contributed by atoms with Crippen LogP contribution in [0.25, 0.3) is 0 Å². The van der Waals surface area contributed by atoms with Crippen LogP contribution >= 0.6 is 0 Å². The molecule has 0 aliphatic heterocycles. The van der Waals surface area contributed by atoms with Crippen LogP contribution in [0.2, 0.25) is 0 Å². The Morgan fingerprint density at radius 2 is 1.50 bits per heavy atom.